The monoisotopic (exact) mass is 436 g/mol. The minimum Gasteiger partial charge on any atom is -0.370 e. The van der Waals surface area contributed by atoms with Crippen molar-refractivity contribution in [1.82, 2.24) is 9.97 Å². The van der Waals surface area contributed by atoms with Gasteiger partial charge in [0.05, 0.1) is 40.0 Å². The van der Waals surface area contributed by atoms with Crippen LogP contribution in [0, 0.1) is 0 Å². The van der Waals surface area contributed by atoms with E-state index in [4.69, 9.17) is 26.9 Å². The lowest BCUT2D eigenvalue weighted by atomic mass is 9.98. The maximum absolute atomic E-state index is 12.1. The lowest BCUT2D eigenvalue weighted by Crippen LogP contribution is -2.11. The second-order valence-corrected chi connectivity index (χ2v) is 7.49. The SMILES string of the molecule is NOC(=O)c1cc2c3c(cc(C(N)=O)cc3c1)-c1nc3ccc(SOOO)cc3nc1-2. The number of carbonyl (C=O) groups excluding carboxylic acids is 2. The first-order valence-electron chi connectivity index (χ1n) is 8.80. The normalized spacial score (nSPS) is 11.7. The molecule has 154 valence electrons. The first-order valence-corrected chi connectivity index (χ1v) is 9.54. The maximum atomic E-state index is 12.1. The van der Waals surface area contributed by atoms with E-state index in [-0.39, 0.29) is 11.1 Å². The summed E-state index contributed by atoms with van der Waals surface area (Å²) >= 11 is 0.798. The number of amides is 1. The third-order valence-corrected chi connectivity index (χ3v) is 5.56. The Morgan fingerprint density at radius 1 is 0.935 bits per heavy atom. The highest BCUT2D eigenvalue weighted by Gasteiger charge is 2.28. The molecule has 1 aliphatic rings. The second kappa shape index (κ2) is 7.27. The number of carbonyl (C=O) groups is 2. The Labute approximate surface area is 177 Å². The largest absolute Gasteiger partial charge is 0.370 e. The van der Waals surface area contributed by atoms with Crippen LogP contribution in [0.2, 0.25) is 0 Å². The Hall–Kier alpha value is -3.61. The van der Waals surface area contributed by atoms with E-state index in [0.717, 1.165) is 17.4 Å². The van der Waals surface area contributed by atoms with E-state index in [1.807, 2.05) is 0 Å². The van der Waals surface area contributed by atoms with Gasteiger partial charge in [0.25, 0.3) is 0 Å². The molecular weight excluding hydrogens is 424 g/mol. The number of aromatic nitrogens is 2. The molecule has 0 spiro atoms. The highest BCUT2D eigenvalue weighted by atomic mass is 32.2. The van der Waals surface area contributed by atoms with Crippen molar-refractivity contribution in [3.05, 3.63) is 53.6 Å². The highest BCUT2D eigenvalue weighted by molar-refractivity contribution is 7.94. The molecule has 0 atom stereocenters. The zero-order valence-corrected chi connectivity index (χ0v) is 16.3. The molecule has 0 fully saturated rings. The minimum atomic E-state index is -0.730. The van der Waals surface area contributed by atoms with Crippen molar-refractivity contribution in [2.75, 3.05) is 0 Å². The summed E-state index contributed by atoms with van der Waals surface area (Å²) in [5.41, 5.74) is 9.56. The highest BCUT2D eigenvalue weighted by Crippen LogP contribution is 2.47. The Balaban J connectivity index is 1.80. The van der Waals surface area contributed by atoms with Crippen molar-refractivity contribution in [2.24, 2.45) is 11.6 Å². The Kier molecular flexibility index (Phi) is 4.54. The van der Waals surface area contributed by atoms with Crippen LogP contribution in [-0.4, -0.2) is 27.1 Å². The fourth-order valence-corrected chi connectivity index (χ4v) is 4.13. The van der Waals surface area contributed by atoms with Gasteiger partial charge in [-0.1, -0.05) is 5.04 Å². The van der Waals surface area contributed by atoms with Crippen molar-refractivity contribution in [2.45, 2.75) is 4.90 Å². The zero-order valence-electron chi connectivity index (χ0n) is 15.5. The van der Waals surface area contributed by atoms with Crippen LogP contribution in [0.4, 0.5) is 0 Å². The van der Waals surface area contributed by atoms with Gasteiger partial charge in [-0.2, -0.15) is 5.90 Å². The van der Waals surface area contributed by atoms with Gasteiger partial charge in [-0.25, -0.2) is 20.0 Å². The van der Waals surface area contributed by atoms with Gasteiger partial charge in [-0.15, -0.1) is 4.33 Å². The van der Waals surface area contributed by atoms with Gasteiger partial charge in [0, 0.05) is 27.0 Å². The molecule has 1 amide bonds. The van der Waals surface area contributed by atoms with Crippen molar-refractivity contribution >= 4 is 45.7 Å². The fraction of sp³-hybridized carbons (Fsp3) is 0. The lowest BCUT2D eigenvalue weighted by molar-refractivity contribution is -0.432. The van der Waals surface area contributed by atoms with Crippen LogP contribution in [0.1, 0.15) is 20.7 Å². The van der Waals surface area contributed by atoms with Crippen molar-refractivity contribution in [3.63, 3.8) is 0 Å². The maximum Gasteiger partial charge on any atom is 0.356 e. The molecule has 0 bridgehead atoms. The fourth-order valence-electron chi connectivity index (χ4n) is 3.73. The summed E-state index contributed by atoms with van der Waals surface area (Å²) in [6.45, 7) is 0. The number of benzene rings is 3. The molecule has 10 nitrogen and oxygen atoms in total. The third-order valence-electron chi connectivity index (χ3n) is 4.98. The number of nitrogens with zero attached hydrogens (tertiary/aromatic N) is 2. The molecule has 11 heteroatoms. The molecule has 0 saturated carbocycles. The predicted octanol–water partition coefficient (Wildman–Crippen LogP) is 2.99. The van der Waals surface area contributed by atoms with Crippen LogP contribution in [0.5, 0.6) is 0 Å². The standard InChI is InChI=1S/C20H12N4O6S/c21-19(25)9-3-8-4-10(20(26)28-22)6-13-16(8)12(5-9)17-18(13)24-15-7-11(31-30-29-27)1-2-14(15)23-17/h1-7,27H,22H2,(H2,21,25). The molecule has 0 radical (unpaired) electrons. The van der Waals surface area contributed by atoms with Gasteiger partial charge < -0.3 is 10.6 Å². The van der Waals surface area contributed by atoms with Crippen LogP contribution in [-0.2, 0) is 14.2 Å². The first-order chi connectivity index (χ1) is 15.0. The van der Waals surface area contributed by atoms with Crippen LogP contribution in [0.15, 0.2) is 47.4 Å². The predicted molar refractivity (Wildman–Crippen MR) is 110 cm³/mol. The molecule has 5 N–H and O–H groups in total. The Bertz CT molecular complexity index is 1420. The number of hydrogen-bond donors (Lipinski definition) is 3. The van der Waals surface area contributed by atoms with Gasteiger partial charge in [0.2, 0.25) is 5.91 Å². The van der Waals surface area contributed by atoms with E-state index < -0.39 is 11.9 Å². The molecule has 5 rings (SSSR count). The van der Waals surface area contributed by atoms with Gasteiger partial charge >= 0.3 is 5.97 Å². The summed E-state index contributed by atoms with van der Waals surface area (Å²) in [6, 6.07) is 11.6. The van der Waals surface area contributed by atoms with E-state index in [0.29, 0.717) is 43.8 Å². The van der Waals surface area contributed by atoms with Gasteiger partial charge in [-0.3, -0.25) is 4.79 Å². The molecular formula is C20H12N4O6S. The van der Waals surface area contributed by atoms with Crippen LogP contribution < -0.4 is 11.6 Å². The average Bonchev–Trinajstić information content (AvgIpc) is 3.09. The molecule has 0 saturated heterocycles. The van der Waals surface area contributed by atoms with Crippen LogP contribution in [0.3, 0.4) is 0 Å². The molecule has 3 aromatic carbocycles. The van der Waals surface area contributed by atoms with E-state index >= 15 is 0 Å². The summed E-state index contributed by atoms with van der Waals surface area (Å²) in [5, 5.41) is 13.4. The van der Waals surface area contributed by atoms with Crippen molar-refractivity contribution < 1.29 is 29.1 Å². The smallest absolute Gasteiger partial charge is 0.356 e. The molecule has 4 aromatic rings. The summed E-state index contributed by atoms with van der Waals surface area (Å²) in [4.78, 5) is 38.4. The minimum absolute atomic E-state index is 0.199. The van der Waals surface area contributed by atoms with Crippen LogP contribution in [0.25, 0.3) is 44.3 Å². The molecule has 0 unspecified atom stereocenters. The van der Waals surface area contributed by atoms with E-state index in [2.05, 4.69) is 14.2 Å². The number of fused-ring (bicyclic) bond motifs is 4. The molecule has 1 heterocycles. The van der Waals surface area contributed by atoms with Crippen molar-refractivity contribution in [1.29, 1.82) is 0 Å². The summed E-state index contributed by atoms with van der Waals surface area (Å²) in [6.07, 6.45) is 0. The zero-order chi connectivity index (χ0) is 21.7. The number of primary amides is 1. The van der Waals surface area contributed by atoms with Gasteiger partial charge in [0.1, 0.15) is 0 Å². The van der Waals surface area contributed by atoms with Crippen molar-refractivity contribution in [3.8, 4) is 22.5 Å². The third kappa shape index (κ3) is 3.08. The summed E-state index contributed by atoms with van der Waals surface area (Å²) < 4.78 is 4.47. The molecule has 31 heavy (non-hydrogen) atoms. The second-order valence-electron chi connectivity index (χ2n) is 6.71. The summed E-state index contributed by atoms with van der Waals surface area (Å²) in [7, 11) is 0. The summed E-state index contributed by atoms with van der Waals surface area (Å²) in [5.74, 6) is 3.72. The molecule has 0 aliphatic heterocycles. The van der Waals surface area contributed by atoms with Gasteiger partial charge in [0.15, 0.2) is 0 Å². The molecule has 1 aliphatic carbocycles. The first kappa shape index (κ1) is 19.4. The Morgan fingerprint density at radius 3 is 2.29 bits per heavy atom. The average molecular weight is 436 g/mol. The van der Waals surface area contributed by atoms with E-state index in [1.54, 1.807) is 42.5 Å². The topological polar surface area (TPSA) is 160 Å². The number of rotatable bonds is 5. The Morgan fingerprint density at radius 2 is 1.61 bits per heavy atom. The van der Waals surface area contributed by atoms with E-state index in [1.165, 1.54) is 0 Å². The number of nitrogens with two attached hydrogens (primary N) is 2. The molecule has 1 aromatic heterocycles. The van der Waals surface area contributed by atoms with Crippen LogP contribution >= 0.6 is 12.0 Å². The lowest BCUT2D eigenvalue weighted by Gasteiger charge is -2.07. The van der Waals surface area contributed by atoms with E-state index in [9.17, 15) is 9.59 Å². The number of hydrogen-bond acceptors (Lipinski definition) is 10. The quantitative estimate of drug-likeness (QED) is 0.212. The van der Waals surface area contributed by atoms with Gasteiger partial charge in [-0.05, 0) is 47.9 Å².